The zero-order chi connectivity index (χ0) is 21.5. The predicted molar refractivity (Wildman–Crippen MR) is 123 cm³/mol. The van der Waals surface area contributed by atoms with Crippen LogP contribution in [0.25, 0.3) is 33.3 Å². The van der Waals surface area contributed by atoms with Crippen LogP contribution in [-0.2, 0) is 5.66 Å². The Labute approximate surface area is 188 Å². The molecule has 6 aromatic rings. The largest absolute Gasteiger partial charge is 0.456 e. The van der Waals surface area contributed by atoms with Gasteiger partial charge in [0.15, 0.2) is 11.1 Å². The molecule has 33 heavy (non-hydrogen) atoms. The molecule has 5 heteroatoms. The number of aromatic nitrogens is 4. The van der Waals surface area contributed by atoms with E-state index in [9.17, 15) is 0 Å². The summed E-state index contributed by atoms with van der Waals surface area (Å²) in [4.78, 5) is 0. The van der Waals surface area contributed by atoms with Crippen molar-refractivity contribution >= 4 is 21.8 Å². The van der Waals surface area contributed by atoms with Crippen molar-refractivity contribution in [3.63, 3.8) is 0 Å². The van der Waals surface area contributed by atoms with Crippen molar-refractivity contribution in [3.05, 3.63) is 108 Å². The molecule has 3 aliphatic heterocycles. The van der Waals surface area contributed by atoms with Crippen LogP contribution in [0.5, 0.6) is 11.5 Å². The van der Waals surface area contributed by atoms with Gasteiger partial charge in [-0.3, -0.25) is 0 Å². The van der Waals surface area contributed by atoms with Gasteiger partial charge in [-0.2, -0.15) is 9.13 Å². The molecule has 1 atom stereocenters. The van der Waals surface area contributed by atoms with E-state index in [0.29, 0.717) is 0 Å². The second-order valence-corrected chi connectivity index (χ2v) is 9.23. The summed E-state index contributed by atoms with van der Waals surface area (Å²) in [6.07, 6.45) is 6.70. The highest BCUT2D eigenvalue weighted by atomic mass is 16.5. The van der Waals surface area contributed by atoms with Crippen molar-refractivity contribution in [2.45, 2.75) is 12.6 Å². The lowest BCUT2D eigenvalue weighted by molar-refractivity contribution is -0.993. The summed E-state index contributed by atoms with van der Waals surface area (Å²) in [5.41, 5.74) is 6.65. The van der Waals surface area contributed by atoms with Crippen LogP contribution in [0.4, 0.5) is 0 Å². The number of benzene rings is 3. The van der Waals surface area contributed by atoms with E-state index in [0.717, 1.165) is 23.0 Å². The molecular weight excluding hydrogens is 408 g/mol. The van der Waals surface area contributed by atoms with Crippen LogP contribution in [0.1, 0.15) is 16.7 Å². The lowest BCUT2D eigenvalue weighted by Gasteiger charge is -2.32. The van der Waals surface area contributed by atoms with Gasteiger partial charge in [0.25, 0.3) is 5.82 Å². The number of hydrogen-bond acceptors (Lipinski definition) is 1. The summed E-state index contributed by atoms with van der Waals surface area (Å²) in [6, 6.07) is 25.9. The fraction of sp³-hybridized carbons (Fsp3) is 0.0714. The molecule has 1 unspecified atom stereocenters. The summed E-state index contributed by atoms with van der Waals surface area (Å²) in [5.74, 6) is 2.98. The second kappa shape index (κ2) is 4.99. The maximum absolute atomic E-state index is 6.62. The van der Waals surface area contributed by atoms with E-state index < -0.39 is 5.66 Å². The predicted octanol–water partition coefficient (Wildman–Crippen LogP) is 4.49. The molecule has 0 amide bonds. The molecule has 9 rings (SSSR count). The first-order chi connectivity index (χ1) is 16.3. The molecule has 5 nitrogen and oxygen atoms in total. The van der Waals surface area contributed by atoms with Crippen molar-refractivity contribution in [1.29, 1.82) is 0 Å². The Kier molecular flexibility index (Phi) is 2.46. The minimum Gasteiger partial charge on any atom is -0.456 e. The van der Waals surface area contributed by atoms with Gasteiger partial charge < -0.3 is 4.74 Å². The highest BCUT2D eigenvalue weighted by Gasteiger charge is 2.68. The van der Waals surface area contributed by atoms with Gasteiger partial charge in [-0.1, -0.05) is 28.9 Å². The Hall–Kier alpha value is -4.38. The highest BCUT2D eigenvalue weighted by molar-refractivity contribution is 6.11. The lowest BCUT2D eigenvalue weighted by atomic mass is 9.84. The quantitative estimate of drug-likeness (QED) is 0.328. The number of fused-ring (bicyclic) bond motifs is 7. The SMILES string of the molecule is Cc1cn2[n+](c1)C13c4c(cccc4-2)Oc2ccc4c5ccccc5n(c4c21)-c1cccc[n+]13. The van der Waals surface area contributed by atoms with E-state index >= 15 is 0 Å². The van der Waals surface area contributed by atoms with Crippen LogP contribution in [0, 0.1) is 6.92 Å². The Morgan fingerprint density at radius 3 is 2.67 bits per heavy atom. The van der Waals surface area contributed by atoms with Crippen molar-refractivity contribution in [1.82, 2.24) is 9.25 Å². The Balaban J connectivity index is 1.65. The summed E-state index contributed by atoms with van der Waals surface area (Å²) in [5, 5.41) is 2.52. The van der Waals surface area contributed by atoms with Crippen LogP contribution in [0.2, 0.25) is 0 Å². The minimum absolute atomic E-state index is 0.561. The second-order valence-electron chi connectivity index (χ2n) is 9.23. The molecule has 0 N–H and O–H groups in total. The van der Waals surface area contributed by atoms with Gasteiger partial charge in [-0.15, -0.1) is 4.68 Å². The normalized spacial score (nSPS) is 18.2. The first-order valence-electron chi connectivity index (χ1n) is 11.3. The van der Waals surface area contributed by atoms with Crippen molar-refractivity contribution in [2.24, 2.45) is 0 Å². The first-order valence-corrected chi connectivity index (χ1v) is 11.3. The maximum atomic E-state index is 6.62. The zero-order valence-electron chi connectivity index (χ0n) is 17.9. The minimum atomic E-state index is -0.561. The fourth-order valence-corrected chi connectivity index (χ4v) is 6.54. The molecule has 3 aliphatic rings. The third-order valence-electron chi connectivity index (χ3n) is 7.60. The van der Waals surface area contributed by atoms with Crippen LogP contribution >= 0.6 is 0 Å². The van der Waals surface area contributed by atoms with Gasteiger partial charge in [-0.05, 0) is 49.4 Å². The number of para-hydroxylation sites is 1. The van der Waals surface area contributed by atoms with E-state index in [2.05, 4.69) is 117 Å². The number of hydrogen-bond donors (Lipinski definition) is 0. The van der Waals surface area contributed by atoms with Gasteiger partial charge in [0.2, 0.25) is 6.20 Å². The maximum Gasteiger partial charge on any atom is 0.397 e. The number of rotatable bonds is 0. The molecule has 0 fully saturated rings. The van der Waals surface area contributed by atoms with Gasteiger partial charge in [0, 0.05) is 22.4 Å². The Bertz CT molecular complexity index is 1870. The van der Waals surface area contributed by atoms with Gasteiger partial charge in [0.05, 0.1) is 12.4 Å². The summed E-state index contributed by atoms with van der Waals surface area (Å²) in [6.45, 7) is 2.16. The fourth-order valence-electron chi connectivity index (χ4n) is 6.54. The van der Waals surface area contributed by atoms with E-state index in [1.165, 1.54) is 38.5 Å². The van der Waals surface area contributed by atoms with Crippen LogP contribution in [0.3, 0.4) is 0 Å². The van der Waals surface area contributed by atoms with Crippen LogP contribution in [-0.4, -0.2) is 9.25 Å². The average molecular weight is 426 g/mol. The summed E-state index contributed by atoms with van der Waals surface area (Å²) < 4.78 is 16.1. The van der Waals surface area contributed by atoms with Gasteiger partial charge in [-0.25, -0.2) is 0 Å². The first kappa shape index (κ1) is 16.3. The van der Waals surface area contributed by atoms with Crippen molar-refractivity contribution in [3.8, 4) is 23.0 Å². The van der Waals surface area contributed by atoms with E-state index in [1.807, 2.05) is 0 Å². The molecule has 3 aromatic carbocycles. The third kappa shape index (κ3) is 1.54. The Morgan fingerprint density at radius 1 is 0.818 bits per heavy atom. The molecular formula is C28H18N4O+2. The number of aryl methyl sites for hydroxylation is 1. The molecule has 1 spiro atoms. The monoisotopic (exact) mass is 426 g/mol. The molecule has 0 bridgehead atoms. The third-order valence-corrected chi connectivity index (χ3v) is 7.60. The molecule has 0 saturated heterocycles. The van der Waals surface area contributed by atoms with E-state index in [1.54, 1.807) is 0 Å². The standard InChI is InChI=1S/C28H18N4O/c1-17-15-30-21-9-6-10-22-25(21)28(31(30)16-17)26-23(33-22)13-12-19-18-7-2-3-8-20(18)32(27(19)26)24-11-4-5-14-29(24)28/h2-16H,1H3/q+2. The van der Waals surface area contributed by atoms with Crippen LogP contribution < -0.4 is 14.0 Å². The van der Waals surface area contributed by atoms with Crippen molar-refractivity contribution in [2.75, 3.05) is 0 Å². The van der Waals surface area contributed by atoms with Gasteiger partial charge >= 0.3 is 5.66 Å². The van der Waals surface area contributed by atoms with Crippen LogP contribution in [0.15, 0.2) is 91.4 Å². The zero-order valence-corrected chi connectivity index (χ0v) is 17.9. The topological polar surface area (TPSA) is 26.8 Å². The lowest BCUT2D eigenvalue weighted by Crippen LogP contribution is -2.76. The molecule has 154 valence electrons. The molecule has 3 aromatic heterocycles. The molecule has 0 radical (unpaired) electrons. The van der Waals surface area contributed by atoms with Crippen molar-refractivity contribution < 1.29 is 14.0 Å². The molecule has 0 saturated carbocycles. The number of ether oxygens (including phenoxy) is 1. The summed E-state index contributed by atoms with van der Waals surface area (Å²) >= 11 is 0. The number of nitrogens with zero attached hydrogens (tertiary/aromatic N) is 4. The smallest absolute Gasteiger partial charge is 0.397 e. The summed E-state index contributed by atoms with van der Waals surface area (Å²) in [7, 11) is 0. The van der Waals surface area contributed by atoms with E-state index in [-0.39, 0.29) is 0 Å². The van der Waals surface area contributed by atoms with Gasteiger partial charge in [0.1, 0.15) is 28.3 Å². The Morgan fingerprint density at radius 2 is 1.70 bits per heavy atom. The number of pyridine rings is 1. The molecule has 6 heterocycles. The highest BCUT2D eigenvalue weighted by Crippen LogP contribution is 2.54. The average Bonchev–Trinajstić information content (AvgIpc) is 3.48. The molecule has 0 aliphatic carbocycles. The van der Waals surface area contributed by atoms with E-state index in [4.69, 9.17) is 4.74 Å².